The zero-order valence-electron chi connectivity index (χ0n) is 15.9. The van der Waals surface area contributed by atoms with Crippen molar-refractivity contribution in [3.63, 3.8) is 0 Å². The first-order valence-corrected chi connectivity index (χ1v) is 9.40. The molecule has 5 heteroatoms. The average Bonchev–Trinajstić information content (AvgIpc) is 3.17. The minimum atomic E-state index is -0.242. The molecule has 0 unspecified atom stereocenters. The number of likely N-dealkylation sites (tertiary alicyclic amines) is 1. The second-order valence-electron chi connectivity index (χ2n) is 6.86. The Morgan fingerprint density at radius 3 is 2.59 bits per heavy atom. The summed E-state index contributed by atoms with van der Waals surface area (Å²) < 4.78 is 5.23. The van der Waals surface area contributed by atoms with Gasteiger partial charge in [0.15, 0.2) is 0 Å². The Labute approximate surface area is 160 Å². The number of rotatable bonds is 6. The van der Waals surface area contributed by atoms with Crippen LogP contribution in [-0.2, 0) is 4.79 Å². The lowest BCUT2D eigenvalue weighted by molar-refractivity contribution is -0.124. The first-order valence-electron chi connectivity index (χ1n) is 9.40. The predicted molar refractivity (Wildman–Crippen MR) is 105 cm³/mol. The van der Waals surface area contributed by atoms with E-state index in [1.807, 2.05) is 49.4 Å². The van der Waals surface area contributed by atoms with Gasteiger partial charge < -0.3 is 15.0 Å². The summed E-state index contributed by atoms with van der Waals surface area (Å²) in [6, 6.07) is 17.1. The Bertz CT molecular complexity index is 791. The van der Waals surface area contributed by atoms with Gasteiger partial charge in [-0.15, -0.1) is 0 Å². The molecule has 2 aromatic carbocycles. The van der Waals surface area contributed by atoms with Gasteiger partial charge in [-0.2, -0.15) is 0 Å². The average molecular weight is 366 g/mol. The van der Waals surface area contributed by atoms with E-state index in [4.69, 9.17) is 4.74 Å². The zero-order valence-corrected chi connectivity index (χ0v) is 15.9. The van der Waals surface area contributed by atoms with E-state index in [0.717, 1.165) is 12.0 Å². The molecule has 0 radical (unpaired) electrons. The normalized spacial score (nSPS) is 19.0. The SMILES string of the molecule is CCCNC(=O)[C@@H]1CN(C(=O)c2cccc(OC)c2)C[C@@H]1c1ccccc1. The van der Waals surface area contributed by atoms with Gasteiger partial charge in [-0.1, -0.05) is 43.3 Å². The summed E-state index contributed by atoms with van der Waals surface area (Å²) >= 11 is 0. The molecule has 1 heterocycles. The predicted octanol–water partition coefficient (Wildman–Crippen LogP) is 3.08. The lowest BCUT2D eigenvalue weighted by Crippen LogP contribution is -2.36. The van der Waals surface area contributed by atoms with Crippen LogP contribution in [0.3, 0.4) is 0 Å². The van der Waals surface area contributed by atoms with Crippen molar-refractivity contribution in [1.29, 1.82) is 0 Å². The van der Waals surface area contributed by atoms with Gasteiger partial charge in [-0.3, -0.25) is 9.59 Å². The third-order valence-electron chi connectivity index (χ3n) is 5.04. The van der Waals surface area contributed by atoms with E-state index in [1.54, 1.807) is 24.1 Å². The number of amides is 2. The first-order chi connectivity index (χ1) is 13.1. The minimum absolute atomic E-state index is 0.00221. The summed E-state index contributed by atoms with van der Waals surface area (Å²) in [5, 5.41) is 2.99. The number of ether oxygens (including phenoxy) is 1. The summed E-state index contributed by atoms with van der Waals surface area (Å²) in [5.41, 5.74) is 1.67. The Hall–Kier alpha value is -2.82. The molecule has 2 amide bonds. The summed E-state index contributed by atoms with van der Waals surface area (Å²) in [6.45, 7) is 3.64. The molecule has 1 aliphatic rings. The number of methoxy groups -OCH3 is 1. The lowest BCUT2D eigenvalue weighted by Gasteiger charge is -2.17. The molecule has 142 valence electrons. The van der Waals surface area contributed by atoms with E-state index in [2.05, 4.69) is 5.32 Å². The first kappa shape index (κ1) is 19.0. The second-order valence-corrected chi connectivity index (χ2v) is 6.86. The van der Waals surface area contributed by atoms with Gasteiger partial charge >= 0.3 is 0 Å². The molecule has 0 saturated carbocycles. The molecule has 1 saturated heterocycles. The maximum atomic E-state index is 13.0. The number of carbonyl (C=O) groups is 2. The van der Waals surface area contributed by atoms with Crippen molar-refractivity contribution < 1.29 is 14.3 Å². The highest BCUT2D eigenvalue weighted by Gasteiger charge is 2.40. The minimum Gasteiger partial charge on any atom is -0.497 e. The van der Waals surface area contributed by atoms with Crippen LogP contribution in [0.15, 0.2) is 54.6 Å². The fraction of sp³-hybridized carbons (Fsp3) is 0.364. The number of carbonyl (C=O) groups excluding carboxylic acids is 2. The highest BCUT2D eigenvalue weighted by molar-refractivity contribution is 5.95. The number of hydrogen-bond donors (Lipinski definition) is 1. The Morgan fingerprint density at radius 1 is 1.11 bits per heavy atom. The van der Waals surface area contributed by atoms with E-state index in [0.29, 0.717) is 30.9 Å². The van der Waals surface area contributed by atoms with Crippen LogP contribution in [0.5, 0.6) is 5.75 Å². The number of hydrogen-bond acceptors (Lipinski definition) is 3. The van der Waals surface area contributed by atoms with Crippen molar-refractivity contribution in [3.8, 4) is 5.75 Å². The van der Waals surface area contributed by atoms with Crippen molar-refractivity contribution in [3.05, 3.63) is 65.7 Å². The quantitative estimate of drug-likeness (QED) is 0.855. The third-order valence-corrected chi connectivity index (χ3v) is 5.04. The molecular formula is C22H26N2O3. The molecular weight excluding hydrogens is 340 g/mol. The summed E-state index contributed by atoms with van der Waals surface area (Å²) in [4.78, 5) is 27.5. The van der Waals surface area contributed by atoms with Crippen molar-refractivity contribution in [2.75, 3.05) is 26.7 Å². The van der Waals surface area contributed by atoms with Gasteiger partial charge in [-0.05, 0) is 30.2 Å². The molecule has 0 aliphatic carbocycles. The van der Waals surface area contributed by atoms with Crippen LogP contribution in [0.25, 0.3) is 0 Å². The van der Waals surface area contributed by atoms with Gasteiger partial charge in [0.2, 0.25) is 5.91 Å². The van der Waals surface area contributed by atoms with Crippen molar-refractivity contribution >= 4 is 11.8 Å². The number of benzene rings is 2. The fourth-order valence-corrected chi connectivity index (χ4v) is 3.59. The van der Waals surface area contributed by atoms with Crippen molar-refractivity contribution in [2.24, 2.45) is 5.92 Å². The van der Waals surface area contributed by atoms with Gasteiger partial charge in [0, 0.05) is 31.1 Å². The van der Waals surface area contributed by atoms with E-state index in [-0.39, 0.29) is 23.7 Å². The summed E-state index contributed by atoms with van der Waals surface area (Å²) in [5.74, 6) is 0.357. The van der Waals surface area contributed by atoms with Gasteiger partial charge in [-0.25, -0.2) is 0 Å². The van der Waals surface area contributed by atoms with Crippen LogP contribution >= 0.6 is 0 Å². The number of nitrogens with one attached hydrogen (secondary N) is 1. The van der Waals surface area contributed by atoms with E-state index < -0.39 is 0 Å². The van der Waals surface area contributed by atoms with E-state index >= 15 is 0 Å². The molecule has 5 nitrogen and oxygen atoms in total. The molecule has 1 aliphatic heterocycles. The molecule has 3 rings (SSSR count). The second kappa shape index (κ2) is 8.71. The topological polar surface area (TPSA) is 58.6 Å². The van der Waals surface area contributed by atoms with Gasteiger partial charge in [0.25, 0.3) is 5.91 Å². The maximum absolute atomic E-state index is 13.0. The third kappa shape index (κ3) is 4.30. The van der Waals surface area contributed by atoms with Crippen LogP contribution in [0, 0.1) is 5.92 Å². The van der Waals surface area contributed by atoms with Crippen LogP contribution in [0.1, 0.15) is 35.2 Å². The summed E-state index contributed by atoms with van der Waals surface area (Å²) in [7, 11) is 1.58. The van der Waals surface area contributed by atoms with Crippen LogP contribution in [0.2, 0.25) is 0 Å². The maximum Gasteiger partial charge on any atom is 0.254 e. The molecule has 1 fully saturated rings. The Kier molecular flexibility index (Phi) is 6.12. The van der Waals surface area contributed by atoms with E-state index in [1.165, 1.54) is 0 Å². The summed E-state index contributed by atoms with van der Waals surface area (Å²) in [6.07, 6.45) is 0.890. The Balaban J connectivity index is 1.83. The molecule has 0 bridgehead atoms. The molecule has 0 spiro atoms. The fourth-order valence-electron chi connectivity index (χ4n) is 3.59. The highest BCUT2D eigenvalue weighted by Crippen LogP contribution is 2.34. The van der Waals surface area contributed by atoms with Crippen molar-refractivity contribution in [2.45, 2.75) is 19.3 Å². The van der Waals surface area contributed by atoms with Crippen LogP contribution in [0.4, 0.5) is 0 Å². The van der Waals surface area contributed by atoms with Gasteiger partial charge in [0.1, 0.15) is 5.75 Å². The Morgan fingerprint density at radius 2 is 1.89 bits per heavy atom. The van der Waals surface area contributed by atoms with Gasteiger partial charge in [0.05, 0.1) is 13.0 Å². The smallest absolute Gasteiger partial charge is 0.254 e. The largest absolute Gasteiger partial charge is 0.497 e. The molecule has 1 N–H and O–H groups in total. The standard InChI is InChI=1S/C22H26N2O3/c1-3-12-23-21(25)20-15-24(14-19(20)16-8-5-4-6-9-16)22(26)17-10-7-11-18(13-17)27-2/h4-11,13,19-20H,3,12,14-15H2,1-2H3,(H,23,25)/t19-,20-/m1/s1. The van der Waals surface area contributed by atoms with Crippen LogP contribution < -0.4 is 10.1 Å². The monoisotopic (exact) mass is 366 g/mol. The molecule has 0 aromatic heterocycles. The number of nitrogens with zero attached hydrogens (tertiary/aromatic N) is 1. The van der Waals surface area contributed by atoms with Crippen molar-refractivity contribution in [1.82, 2.24) is 10.2 Å². The molecule has 2 aromatic rings. The molecule has 2 atom stereocenters. The highest BCUT2D eigenvalue weighted by atomic mass is 16.5. The van der Waals surface area contributed by atoms with E-state index in [9.17, 15) is 9.59 Å². The lowest BCUT2D eigenvalue weighted by atomic mass is 9.88. The zero-order chi connectivity index (χ0) is 19.2. The molecule has 27 heavy (non-hydrogen) atoms. The van der Waals surface area contributed by atoms with Crippen LogP contribution in [-0.4, -0.2) is 43.5 Å².